The first-order valence-electron chi connectivity index (χ1n) is 6.44. The van der Waals surface area contributed by atoms with E-state index in [2.05, 4.69) is 43.6 Å². The van der Waals surface area contributed by atoms with Crippen LogP contribution in [0.4, 0.5) is 0 Å². The molecular formula is C17H23N. The molecule has 1 heteroatoms. The van der Waals surface area contributed by atoms with Gasteiger partial charge in [0.25, 0.3) is 0 Å². The van der Waals surface area contributed by atoms with E-state index in [1.807, 2.05) is 31.2 Å². The lowest BCUT2D eigenvalue weighted by Crippen LogP contribution is -2.24. The molecule has 1 saturated carbocycles. The summed E-state index contributed by atoms with van der Waals surface area (Å²) in [6.07, 6.45) is 16.2. The molecular weight excluding hydrogens is 218 g/mol. The van der Waals surface area contributed by atoms with Gasteiger partial charge in [-0.3, -0.25) is 0 Å². The summed E-state index contributed by atoms with van der Waals surface area (Å²) in [7, 11) is 0. The lowest BCUT2D eigenvalue weighted by atomic mass is 10.1. The van der Waals surface area contributed by atoms with E-state index in [1.165, 1.54) is 11.1 Å². The quantitative estimate of drug-likeness (QED) is 0.701. The van der Waals surface area contributed by atoms with Crippen LogP contribution in [0.3, 0.4) is 0 Å². The number of nitrogens with one attached hydrogen (secondary N) is 1. The van der Waals surface area contributed by atoms with Gasteiger partial charge in [-0.1, -0.05) is 43.5 Å². The van der Waals surface area contributed by atoms with Gasteiger partial charge in [0.15, 0.2) is 0 Å². The van der Waals surface area contributed by atoms with Gasteiger partial charge in [0.2, 0.25) is 0 Å². The monoisotopic (exact) mass is 241 g/mol. The predicted molar refractivity (Wildman–Crippen MR) is 81.3 cm³/mol. The minimum Gasteiger partial charge on any atom is -0.382 e. The molecule has 1 nitrogen and oxygen atoms in total. The third kappa shape index (κ3) is 3.92. The first kappa shape index (κ1) is 14.3. The number of hydrogen-bond donors (Lipinski definition) is 1. The van der Waals surface area contributed by atoms with Crippen LogP contribution in [0.15, 0.2) is 72.5 Å². The van der Waals surface area contributed by atoms with E-state index in [1.54, 1.807) is 0 Å². The van der Waals surface area contributed by atoms with Crippen molar-refractivity contribution in [3.63, 3.8) is 0 Å². The van der Waals surface area contributed by atoms with Gasteiger partial charge in [0.1, 0.15) is 0 Å². The molecule has 1 rings (SSSR count). The van der Waals surface area contributed by atoms with E-state index in [4.69, 9.17) is 0 Å². The summed E-state index contributed by atoms with van der Waals surface area (Å²) in [5.74, 6) is 0. The van der Waals surface area contributed by atoms with E-state index >= 15 is 0 Å². The van der Waals surface area contributed by atoms with Crippen LogP contribution in [-0.2, 0) is 0 Å². The summed E-state index contributed by atoms with van der Waals surface area (Å²) < 4.78 is 0. The summed E-state index contributed by atoms with van der Waals surface area (Å²) in [5, 5.41) is 3.53. The molecule has 0 aromatic carbocycles. The molecule has 18 heavy (non-hydrogen) atoms. The van der Waals surface area contributed by atoms with Crippen molar-refractivity contribution < 1.29 is 0 Å². The third-order valence-electron chi connectivity index (χ3n) is 3.07. The van der Waals surface area contributed by atoms with Crippen LogP contribution < -0.4 is 5.32 Å². The van der Waals surface area contributed by atoms with Gasteiger partial charge < -0.3 is 5.32 Å². The fourth-order valence-corrected chi connectivity index (χ4v) is 2.20. The number of hydrogen-bond acceptors (Lipinski definition) is 1. The van der Waals surface area contributed by atoms with Gasteiger partial charge >= 0.3 is 0 Å². The van der Waals surface area contributed by atoms with Crippen molar-refractivity contribution >= 4 is 0 Å². The van der Waals surface area contributed by atoms with E-state index in [9.17, 15) is 0 Å². The Morgan fingerprint density at radius 1 is 1.22 bits per heavy atom. The van der Waals surface area contributed by atoms with E-state index in [-0.39, 0.29) is 0 Å². The highest BCUT2D eigenvalue weighted by molar-refractivity contribution is 5.39. The zero-order valence-corrected chi connectivity index (χ0v) is 11.4. The molecule has 0 saturated heterocycles. The Hall–Kier alpha value is -1.76. The second-order valence-corrected chi connectivity index (χ2v) is 4.34. The van der Waals surface area contributed by atoms with Gasteiger partial charge in [0, 0.05) is 11.7 Å². The molecule has 0 radical (unpaired) electrons. The normalized spacial score (nSPS) is 25.0. The average Bonchev–Trinajstić information content (AvgIpc) is 2.77. The Labute approximate surface area is 111 Å². The van der Waals surface area contributed by atoms with Crippen LogP contribution in [0.1, 0.15) is 26.7 Å². The van der Waals surface area contributed by atoms with Crippen LogP contribution in [0.5, 0.6) is 0 Å². The Kier molecular flexibility index (Phi) is 5.99. The van der Waals surface area contributed by atoms with Gasteiger partial charge in [0.05, 0.1) is 0 Å². The van der Waals surface area contributed by atoms with Gasteiger partial charge in [-0.05, 0) is 50.0 Å². The zero-order chi connectivity index (χ0) is 13.4. The first-order chi connectivity index (χ1) is 8.74. The van der Waals surface area contributed by atoms with Crippen molar-refractivity contribution in [3.8, 4) is 0 Å². The van der Waals surface area contributed by atoms with Crippen molar-refractivity contribution in [2.24, 2.45) is 0 Å². The fraction of sp³-hybridized carbons (Fsp3) is 0.294. The van der Waals surface area contributed by atoms with Crippen LogP contribution in [0.25, 0.3) is 0 Å². The Balaban J connectivity index is 2.74. The summed E-state index contributed by atoms with van der Waals surface area (Å²) in [5.41, 5.74) is 3.88. The highest BCUT2D eigenvalue weighted by Crippen LogP contribution is 2.31. The summed E-state index contributed by atoms with van der Waals surface area (Å²) >= 11 is 0. The average molecular weight is 241 g/mol. The fourth-order valence-electron chi connectivity index (χ4n) is 2.20. The topological polar surface area (TPSA) is 12.0 Å². The predicted octanol–water partition coefficient (Wildman–Crippen LogP) is 4.44. The van der Waals surface area contributed by atoms with E-state index in [0.717, 1.165) is 18.5 Å². The molecule has 1 atom stereocenters. The maximum absolute atomic E-state index is 3.84. The maximum atomic E-state index is 3.84. The molecule has 0 aromatic rings. The zero-order valence-electron chi connectivity index (χ0n) is 11.4. The molecule has 1 N–H and O–H groups in total. The molecule has 1 aliphatic rings. The molecule has 0 aromatic heterocycles. The minimum absolute atomic E-state index is 0.455. The molecule has 96 valence electrons. The van der Waals surface area contributed by atoms with Crippen LogP contribution in [-0.4, -0.2) is 6.04 Å². The molecule has 0 aliphatic heterocycles. The maximum Gasteiger partial charge on any atom is 0.0342 e. The third-order valence-corrected chi connectivity index (χ3v) is 3.07. The smallest absolute Gasteiger partial charge is 0.0342 e. The molecule has 1 aliphatic carbocycles. The van der Waals surface area contributed by atoms with Crippen molar-refractivity contribution in [2.45, 2.75) is 32.7 Å². The van der Waals surface area contributed by atoms with E-state index < -0.39 is 0 Å². The number of allylic oxidation sites excluding steroid dienone is 7. The second-order valence-electron chi connectivity index (χ2n) is 4.34. The molecule has 0 amide bonds. The number of rotatable bonds is 5. The highest BCUT2D eigenvalue weighted by Gasteiger charge is 2.22. The minimum atomic E-state index is 0.455. The molecule has 0 spiro atoms. The lowest BCUT2D eigenvalue weighted by molar-refractivity contribution is 0.614. The lowest BCUT2D eigenvalue weighted by Gasteiger charge is -2.13. The van der Waals surface area contributed by atoms with Crippen LogP contribution in [0, 0.1) is 0 Å². The largest absolute Gasteiger partial charge is 0.382 e. The molecule has 0 bridgehead atoms. The first-order valence-corrected chi connectivity index (χ1v) is 6.44. The Bertz CT molecular complexity index is 419. The van der Waals surface area contributed by atoms with Gasteiger partial charge in [-0.25, -0.2) is 0 Å². The van der Waals surface area contributed by atoms with Crippen molar-refractivity contribution in [3.05, 3.63) is 72.5 Å². The Morgan fingerprint density at radius 2 is 1.94 bits per heavy atom. The van der Waals surface area contributed by atoms with Crippen LogP contribution >= 0.6 is 0 Å². The summed E-state index contributed by atoms with van der Waals surface area (Å²) in [4.78, 5) is 0. The van der Waals surface area contributed by atoms with Crippen molar-refractivity contribution in [2.75, 3.05) is 0 Å². The summed E-state index contributed by atoms with van der Waals surface area (Å²) in [6.45, 7) is 11.7. The molecule has 1 unspecified atom stereocenters. The Morgan fingerprint density at radius 3 is 2.50 bits per heavy atom. The molecule has 1 fully saturated rings. The van der Waals surface area contributed by atoms with Crippen molar-refractivity contribution in [1.82, 2.24) is 5.32 Å². The molecule has 0 heterocycles. The second kappa shape index (κ2) is 7.54. The highest BCUT2D eigenvalue weighted by atomic mass is 14.9. The van der Waals surface area contributed by atoms with Gasteiger partial charge in [-0.15, -0.1) is 0 Å². The summed E-state index contributed by atoms with van der Waals surface area (Å²) in [6, 6.07) is 0.455. The van der Waals surface area contributed by atoms with Crippen molar-refractivity contribution in [1.29, 1.82) is 0 Å². The van der Waals surface area contributed by atoms with Crippen LogP contribution in [0.2, 0.25) is 0 Å². The SMILES string of the molecule is C=C/C=C1/CC(N/C(C=C)=C/C=C\C)C/C1=C/C. The standard InChI is InChI=1S/C17H23N/c1-5-9-11-16(8-4)18-17-12-14(7-3)15(13-17)10-6-2/h5-11,17-18H,2,4,12-13H2,1,3H3/b9-5-,14-7-,15-10-,16-11+. The van der Waals surface area contributed by atoms with Gasteiger partial charge in [-0.2, -0.15) is 0 Å². The van der Waals surface area contributed by atoms with E-state index in [0.29, 0.717) is 6.04 Å².